The Labute approximate surface area is 133 Å². The van der Waals surface area contributed by atoms with Gasteiger partial charge in [0.05, 0.1) is 0 Å². The Morgan fingerprint density at radius 2 is 1.67 bits per heavy atom. The van der Waals surface area contributed by atoms with Gasteiger partial charge in [0.15, 0.2) is 0 Å². The second-order valence-electron chi connectivity index (χ2n) is 4.76. The van der Waals surface area contributed by atoms with Crippen LogP contribution in [0.25, 0.3) is 11.1 Å². The fourth-order valence-corrected chi connectivity index (χ4v) is 2.87. The van der Waals surface area contributed by atoms with Crippen molar-refractivity contribution in [2.75, 3.05) is 0 Å². The zero-order valence-electron chi connectivity index (χ0n) is 11.1. The van der Waals surface area contributed by atoms with E-state index in [1.165, 1.54) is 0 Å². The van der Waals surface area contributed by atoms with Gasteiger partial charge in [-0.25, -0.2) is 0 Å². The van der Waals surface area contributed by atoms with Crippen molar-refractivity contribution in [3.63, 3.8) is 0 Å². The topological polar surface area (TPSA) is 36.0 Å². The van der Waals surface area contributed by atoms with E-state index >= 15 is 0 Å². The highest BCUT2D eigenvalue weighted by Crippen LogP contribution is 2.36. The van der Waals surface area contributed by atoms with Gasteiger partial charge in [-0.05, 0) is 17.7 Å². The minimum absolute atomic E-state index is 0.559. The molecule has 106 valence electrons. The summed E-state index contributed by atoms with van der Waals surface area (Å²) in [5.41, 5.74) is 3.33. The molecule has 2 aromatic carbocycles. The standard InChI is InChI=1S/C17H13Cl2NO/c18-12-6-7-13(16(19)8-12)14-9-20-10-15(14)17(21)11-4-2-1-3-5-11/h1-10,17,20-21H/t17-/m0/s1. The van der Waals surface area contributed by atoms with Gasteiger partial charge in [0.25, 0.3) is 0 Å². The van der Waals surface area contributed by atoms with Crippen LogP contribution < -0.4 is 0 Å². The average Bonchev–Trinajstić information content (AvgIpc) is 2.96. The maximum atomic E-state index is 10.6. The van der Waals surface area contributed by atoms with Gasteiger partial charge in [-0.3, -0.25) is 0 Å². The lowest BCUT2D eigenvalue weighted by Crippen LogP contribution is -1.99. The summed E-state index contributed by atoms with van der Waals surface area (Å²) in [6.45, 7) is 0. The Balaban J connectivity index is 2.05. The van der Waals surface area contributed by atoms with E-state index in [9.17, 15) is 5.11 Å². The molecule has 1 heterocycles. The molecule has 0 bridgehead atoms. The van der Waals surface area contributed by atoms with Crippen LogP contribution in [-0.2, 0) is 0 Å². The third kappa shape index (κ3) is 2.84. The predicted molar refractivity (Wildman–Crippen MR) is 86.8 cm³/mol. The number of aliphatic hydroxyl groups excluding tert-OH is 1. The molecule has 0 spiro atoms. The first-order valence-electron chi connectivity index (χ1n) is 6.52. The Hall–Kier alpha value is -1.74. The van der Waals surface area contributed by atoms with Crippen LogP contribution >= 0.6 is 23.2 Å². The SMILES string of the molecule is O[C@@H](c1ccccc1)c1c[nH]cc1-c1ccc(Cl)cc1Cl. The largest absolute Gasteiger partial charge is 0.384 e. The lowest BCUT2D eigenvalue weighted by atomic mass is 9.97. The quantitative estimate of drug-likeness (QED) is 0.695. The summed E-state index contributed by atoms with van der Waals surface area (Å²) in [5, 5.41) is 11.7. The third-order valence-corrected chi connectivity index (χ3v) is 3.96. The molecule has 0 amide bonds. The molecule has 1 atom stereocenters. The van der Waals surface area contributed by atoms with Crippen LogP contribution in [-0.4, -0.2) is 10.1 Å². The van der Waals surface area contributed by atoms with Crippen molar-refractivity contribution >= 4 is 23.2 Å². The second kappa shape index (κ2) is 5.94. The molecule has 0 aliphatic rings. The molecule has 2 N–H and O–H groups in total. The van der Waals surface area contributed by atoms with Gasteiger partial charge in [-0.15, -0.1) is 0 Å². The van der Waals surface area contributed by atoms with Crippen molar-refractivity contribution in [2.24, 2.45) is 0 Å². The molecule has 1 aromatic heterocycles. The molecule has 4 heteroatoms. The van der Waals surface area contributed by atoms with Crippen LogP contribution in [0.1, 0.15) is 17.2 Å². The minimum Gasteiger partial charge on any atom is -0.384 e. The van der Waals surface area contributed by atoms with Crippen LogP contribution in [0.3, 0.4) is 0 Å². The number of hydrogen-bond acceptors (Lipinski definition) is 1. The molecule has 3 rings (SSSR count). The molecule has 21 heavy (non-hydrogen) atoms. The van der Waals surface area contributed by atoms with Crippen molar-refractivity contribution in [2.45, 2.75) is 6.10 Å². The minimum atomic E-state index is -0.709. The smallest absolute Gasteiger partial charge is 0.106 e. The van der Waals surface area contributed by atoms with E-state index in [1.807, 2.05) is 42.6 Å². The molecule has 3 aromatic rings. The van der Waals surface area contributed by atoms with Crippen LogP contribution in [0.5, 0.6) is 0 Å². The molecule has 0 fully saturated rings. The first-order valence-corrected chi connectivity index (χ1v) is 7.27. The molecule has 0 aliphatic heterocycles. The second-order valence-corrected chi connectivity index (χ2v) is 5.61. The van der Waals surface area contributed by atoms with Gasteiger partial charge in [0.1, 0.15) is 6.10 Å². The summed E-state index contributed by atoms with van der Waals surface area (Å²) >= 11 is 12.2. The lowest BCUT2D eigenvalue weighted by molar-refractivity contribution is 0.221. The van der Waals surface area contributed by atoms with Crippen LogP contribution in [0, 0.1) is 0 Å². The van der Waals surface area contributed by atoms with E-state index in [2.05, 4.69) is 4.98 Å². The van der Waals surface area contributed by atoms with Crippen molar-refractivity contribution in [1.29, 1.82) is 0 Å². The predicted octanol–water partition coefficient (Wildman–Crippen LogP) is 5.07. The van der Waals surface area contributed by atoms with Crippen molar-refractivity contribution < 1.29 is 5.11 Å². The number of benzene rings is 2. The Kier molecular flexibility index (Phi) is 4.02. The molecule has 0 radical (unpaired) electrons. The van der Waals surface area contributed by atoms with Crippen molar-refractivity contribution in [3.8, 4) is 11.1 Å². The van der Waals surface area contributed by atoms with Crippen molar-refractivity contribution in [1.82, 2.24) is 4.98 Å². The molecular weight excluding hydrogens is 305 g/mol. The molecular formula is C17H13Cl2NO. The van der Waals surface area contributed by atoms with Gasteiger partial charge in [0.2, 0.25) is 0 Å². The summed E-state index contributed by atoms with van der Waals surface area (Å²) in [6, 6.07) is 14.9. The van der Waals surface area contributed by atoms with E-state index in [-0.39, 0.29) is 0 Å². The number of halogens is 2. The maximum Gasteiger partial charge on any atom is 0.106 e. The molecule has 0 unspecified atom stereocenters. The zero-order chi connectivity index (χ0) is 14.8. The Morgan fingerprint density at radius 1 is 0.905 bits per heavy atom. The number of rotatable bonds is 3. The summed E-state index contributed by atoms with van der Waals surface area (Å²) in [6.07, 6.45) is 2.91. The summed E-state index contributed by atoms with van der Waals surface area (Å²) in [4.78, 5) is 3.04. The Bertz CT molecular complexity index is 752. The van der Waals surface area contributed by atoms with Gasteiger partial charge in [0, 0.05) is 39.1 Å². The molecule has 0 aliphatic carbocycles. The van der Waals surface area contributed by atoms with E-state index in [1.54, 1.807) is 18.3 Å². The van der Waals surface area contributed by atoms with E-state index in [0.29, 0.717) is 10.0 Å². The fourth-order valence-electron chi connectivity index (χ4n) is 2.36. The monoisotopic (exact) mass is 317 g/mol. The van der Waals surface area contributed by atoms with Gasteiger partial charge in [-0.2, -0.15) is 0 Å². The van der Waals surface area contributed by atoms with E-state index < -0.39 is 6.10 Å². The number of hydrogen-bond donors (Lipinski definition) is 2. The fraction of sp³-hybridized carbons (Fsp3) is 0.0588. The third-order valence-electron chi connectivity index (χ3n) is 3.41. The van der Waals surface area contributed by atoms with Crippen molar-refractivity contribution in [3.05, 3.63) is 82.1 Å². The molecule has 0 saturated carbocycles. The molecule has 2 nitrogen and oxygen atoms in total. The van der Waals surface area contributed by atoms with E-state index in [0.717, 1.165) is 22.3 Å². The number of aromatic amines is 1. The maximum absolute atomic E-state index is 10.6. The number of nitrogens with one attached hydrogen (secondary N) is 1. The van der Waals surface area contributed by atoms with Gasteiger partial charge < -0.3 is 10.1 Å². The highest BCUT2D eigenvalue weighted by Gasteiger charge is 2.18. The van der Waals surface area contributed by atoms with Gasteiger partial charge in [-0.1, -0.05) is 59.6 Å². The molecule has 0 saturated heterocycles. The summed E-state index contributed by atoms with van der Waals surface area (Å²) < 4.78 is 0. The van der Waals surface area contributed by atoms with Crippen LogP contribution in [0.15, 0.2) is 60.9 Å². The highest BCUT2D eigenvalue weighted by atomic mass is 35.5. The first-order chi connectivity index (χ1) is 10.2. The summed E-state index contributed by atoms with van der Waals surface area (Å²) in [5.74, 6) is 0. The normalized spacial score (nSPS) is 12.3. The zero-order valence-corrected chi connectivity index (χ0v) is 12.6. The number of aliphatic hydroxyl groups is 1. The lowest BCUT2D eigenvalue weighted by Gasteiger charge is -2.13. The number of H-pyrrole nitrogens is 1. The highest BCUT2D eigenvalue weighted by molar-refractivity contribution is 6.36. The van der Waals surface area contributed by atoms with E-state index in [4.69, 9.17) is 23.2 Å². The summed E-state index contributed by atoms with van der Waals surface area (Å²) in [7, 11) is 0. The van der Waals surface area contributed by atoms with Crippen LogP contribution in [0.2, 0.25) is 10.0 Å². The van der Waals surface area contributed by atoms with Gasteiger partial charge >= 0.3 is 0 Å². The Morgan fingerprint density at radius 3 is 2.38 bits per heavy atom. The van der Waals surface area contributed by atoms with Crippen LogP contribution in [0.4, 0.5) is 0 Å². The first kappa shape index (κ1) is 14.2. The number of aromatic nitrogens is 1. The average molecular weight is 318 g/mol.